The Balaban J connectivity index is 2.52. The minimum atomic E-state index is -0.884. The summed E-state index contributed by atoms with van der Waals surface area (Å²) in [5, 5.41) is 0. The summed E-state index contributed by atoms with van der Waals surface area (Å²) in [4.78, 5) is 10.7. The van der Waals surface area contributed by atoms with Gasteiger partial charge in [0.1, 0.15) is 6.29 Å². The highest BCUT2D eigenvalue weighted by atomic mass is 19.2. The van der Waals surface area contributed by atoms with Crippen LogP contribution in [-0.4, -0.2) is 6.29 Å². The molecule has 0 aromatic heterocycles. The van der Waals surface area contributed by atoms with Gasteiger partial charge < -0.3 is 4.79 Å². The maximum Gasteiger partial charge on any atom is 0.163 e. The summed E-state index contributed by atoms with van der Waals surface area (Å²) in [7, 11) is 0. The zero-order chi connectivity index (χ0) is 9.47. The van der Waals surface area contributed by atoms with Gasteiger partial charge in [-0.15, -0.1) is 0 Å². The van der Waals surface area contributed by atoms with Crippen LogP contribution in [0.3, 0.4) is 0 Å². The molecule has 0 radical (unpaired) electrons. The maximum absolute atomic E-state index is 13.2. The first-order chi connectivity index (χ1) is 6.19. The Hall–Kier alpha value is -1.25. The number of carbonyl (C=O) groups excluding carboxylic acids is 1. The maximum atomic E-state index is 13.2. The van der Waals surface area contributed by atoms with E-state index in [1.54, 1.807) is 0 Å². The Morgan fingerprint density at radius 3 is 2.54 bits per heavy atom. The summed E-state index contributed by atoms with van der Waals surface area (Å²) >= 11 is 0. The summed E-state index contributed by atoms with van der Waals surface area (Å²) in [6, 6.07) is 3.96. The van der Waals surface area contributed by atoms with E-state index in [-0.39, 0.29) is 5.56 Å². The van der Waals surface area contributed by atoms with Crippen LogP contribution in [-0.2, 0) is 10.2 Å². The molecule has 1 aliphatic carbocycles. The number of carbonyl (C=O) groups is 1. The standard InChI is InChI=1S/C10H8F2O/c11-8-3-1-2-7(9(8)12)10(6-13)4-5-10/h1-3,6H,4-5H2. The van der Waals surface area contributed by atoms with Crippen molar-refractivity contribution >= 4 is 6.29 Å². The highest BCUT2D eigenvalue weighted by Gasteiger charge is 2.46. The van der Waals surface area contributed by atoms with Crippen molar-refractivity contribution < 1.29 is 13.6 Å². The molecule has 68 valence electrons. The smallest absolute Gasteiger partial charge is 0.163 e. The van der Waals surface area contributed by atoms with Crippen LogP contribution in [0.5, 0.6) is 0 Å². The minimum Gasteiger partial charge on any atom is -0.302 e. The third kappa shape index (κ3) is 1.15. The molecule has 0 unspecified atom stereocenters. The lowest BCUT2D eigenvalue weighted by Crippen LogP contribution is -2.11. The topological polar surface area (TPSA) is 17.1 Å². The quantitative estimate of drug-likeness (QED) is 0.641. The van der Waals surface area contributed by atoms with Gasteiger partial charge in [0.2, 0.25) is 0 Å². The van der Waals surface area contributed by atoms with Gasteiger partial charge in [0, 0.05) is 5.56 Å². The van der Waals surface area contributed by atoms with Crippen LogP contribution in [0.2, 0.25) is 0 Å². The molecule has 1 saturated carbocycles. The average molecular weight is 182 g/mol. The van der Waals surface area contributed by atoms with E-state index < -0.39 is 17.0 Å². The predicted molar refractivity (Wildman–Crippen MR) is 43.3 cm³/mol. The lowest BCUT2D eigenvalue weighted by molar-refractivity contribution is -0.109. The monoisotopic (exact) mass is 182 g/mol. The largest absolute Gasteiger partial charge is 0.302 e. The van der Waals surface area contributed by atoms with E-state index in [1.165, 1.54) is 12.1 Å². The third-order valence-electron chi connectivity index (χ3n) is 2.50. The molecule has 1 aromatic rings. The first kappa shape index (κ1) is 8.35. The molecule has 0 spiro atoms. The van der Waals surface area contributed by atoms with Crippen molar-refractivity contribution in [2.75, 3.05) is 0 Å². The highest BCUT2D eigenvalue weighted by molar-refractivity contribution is 5.73. The molecule has 0 atom stereocenters. The number of halogens is 2. The molecule has 2 rings (SSSR count). The molecule has 0 saturated heterocycles. The molecule has 13 heavy (non-hydrogen) atoms. The van der Waals surface area contributed by atoms with Crippen LogP contribution in [0.1, 0.15) is 18.4 Å². The van der Waals surface area contributed by atoms with Crippen LogP contribution in [0.25, 0.3) is 0 Å². The van der Waals surface area contributed by atoms with Crippen molar-refractivity contribution in [3.63, 3.8) is 0 Å². The highest BCUT2D eigenvalue weighted by Crippen LogP contribution is 2.47. The van der Waals surface area contributed by atoms with Gasteiger partial charge in [0.15, 0.2) is 11.6 Å². The molecule has 0 N–H and O–H groups in total. The van der Waals surface area contributed by atoms with Crippen molar-refractivity contribution in [2.24, 2.45) is 0 Å². The third-order valence-corrected chi connectivity index (χ3v) is 2.50. The molecule has 0 amide bonds. The molecule has 1 fully saturated rings. The molecule has 1 aromatic carbocycles. The Labute approximate surface area is 74.4 Å². The van der Waals surface area contributed by atoms with Gasteiger partial charge in [0.25, 0.3) is 0 Å². The molecule has 0 aliphatic heterocycles. The van der Waals surface area contributed by atoms with E-state index in [4.69, 9.17) is 0 Å². The van der Waals surface area contributed by atoms with E-state index in [1.807, 2.05) is 0 Å². The van der Waals surface area contributed by atoms with Gasteiger partial charge in [-0.2, -0.15) is 0 Å². The van der Waals surface area contributed by atoms with E-state index in [2.05, 4.69) is 0 Å². The second-order valence-electron chi connectivity index (χ2n) is 3.38. The molecular formula is C10H8F2O. The van der Waals surface area contributed by atoms with Crippen molar-refractivity contribution in [1.29, 1.82) is 0 Å². The molecule has 3 heteroatoms. The number of rotatable bonds is 2. The van der Waals surface area contributed by atoms with Crippen LogP contribution in [0, 0.1) is 11.6 Å². The average Bonchev–Trinajstić information content (AvgIpc) is 2.90. The van der Waals surface area contributed by atoms with Crippen molar-refractivity contribution in [3.8, 4) is 0 Å². The number of aldehydes is 1. The van der Waals surface area contributed by atoms with Crippen LogP contribution in [0.4, 0.5) is 8.78 Å². The first-order valence-electron chi connectivity index (χ1n) is 4.10. The normalized spacial score (nSPS) is 18.3. The summed E-state index contributed by atoms with van der Waals surface area (Å²) in [6.07, 6.45) is 1.96. The summed E-state index contributed by atoms with van der Waals surface area (Å²) in [5.41, 5.74) is -0.533. The molecule has 0 bridgehead atoms. The second-order valence-corrected chi connectivity index (χ2v) is 3.38. The summed E-state index contributed by atoms with van der Waals surface area (Å²) in [5.74, 6) is -1.77. The van der Waals surface area contributed by atoms with Gasteiger partial charge in [-0.3, -0.25) is 0 Å². The Morgan fingerprint density at radius 2 is 2.00 bits per heavy atom. The molecule has 1 nitrogen and oxygen atoms in total. The molecule has 1 aliphatic rings. The fourth-order valence-electron chi connectivity index (χ4n) is 1.47. The number of benzene rings is 1. The van der Waals surface area contributed by atoms with Gasteiger partial charge in [-0.25, -0.2) is 8.78 Å². The predicted octanol–water partition coefficient (Wildman–Crippen LogP) is 2.20. The van der Waals surface area contributed by atoms with Gasteiger partial charge >= 0.3 is 0 Å². The second kappa shape index (κ2) is 2.62. The summed E-state index contributed by atoms with van der Waals surface area (Å²) in [6.45, 7) is 0. The molecule has 0 heterocycles. The van der Waals surface area contributed by atoms with Crippen molar-refractivity contribution in [3.05, 3.63) is 35.4 Å². The SMILES string of the molecule is O=CC1(c2cccc(F)c2F)CC1. The van der Waals surface area contributed by atoms with E-state index in [0.717, 1.165) is 6.07 Å². The number of hydrogen-bond acceptors (Lipinski definition) is 1. The Bertz CT molecular complexity index is 356. The van der Waals surface area contributed by atoms with E-state index in [9.17, 15) is 13.6 Å². The minimum absolute atomic E-state index is 0.197. The summed E-state index contributed by atoms with van der Waals surface area (Å²) < 4.78 is 26.0. The fourth-order valence-corrected chi connectivity index (χ4v) is 1.47. The lowest BCUT2D eigenvalue weighted by Gasteiger charge is -2.08. The fraction of sp³-hybridized carbons (Fsp3) is 0.300. The molecular weight excluding hydrogens is 174 g/mol. The van der Waals surface area contributed by atoms with Crippen molar-refractivity contribution in [1.82, 2.24) is 0 Å². The van der Waals surface area contributed by atoms with Crippen molar-refractivity contribution in [2.45, 2.75) is 18.3 Å². The first-order valence-corrected chi connectivity index (χ1v) is 4.10. The zero-order valence-corrected chi connectivity index (χ0v) is 6.89. The Morgan fingerprint density at radius 1 is 1.31 bits per heavy atom. The van der Waals surface area contributed by atoms with Crippen LogP contribution < -0.4 is 0 Å². The van der Waals surface area contributed by atoms with Gasteiger partial charge in [-0.05, 0) is 18.9 Å². The van der Waals surface area contributed by atoms with Gasteiger partial charge in [0.05, 0.1) is 5.41 Å². The van der Waals surface area contributed by atoms with Crippen LogP contribution in [0.15, 0.2) is 18.2 Å². The zero-order valence-electron chi connectivity index (χ0n) is 6.89. The van der Waals surface area contributed by atoms with Gasteiger partial charge in [-0.1, -0.05) is 12.1 Å². The van der Waals surface area contributed by atoms with Crippen LogP contribution >= 0.6 is 0 Å². The Kier molecular flexibility index (Phi) is 1.68. The van der Waals surface area contributed by atoms with E-state index >= 15 is 0 Å². The number of hydrogen-bond donors (Lipinski definition) is 0. The van der Waals surface area contributed by atoms with E-state index in [0.29, 0.717) is 19.1 Å². The lowest BCUT2D eigenvalue weighted by atomic mass is 9.97.